The molecule has 4 rings (SSSR count). The number of piperidine rings is 1. The van der Waals surface area contributed by atoms with Crippen LogP contribution >= 0.6 is 22.9 Å². The van der Waals surface area contributed by atoms with Crippen molar-refractivity contribution in [2.75, 3.05) is 18.4 Å². The zero-order chi connectivity index (χ0) is 22.0. The summed E-state index contributed by atoms with van der Waals surface area (Å²) in [5.41, 5.74) is 4.28. The molecule has 1 aliphatic heterocycles. The van der Waals surface area contributed by atoms with Crippen LogP contribution in [0.25, 0.3) is 0 Å². The summed E-state index contributed by atoms with van der Waals surface area (Å²) in [4.78, 5) is 15.8. The molecule has 1 aromatic heterocycles. The molecule has 0 saturated carbocycles. The molecule has 1 saturated heterocycles. The van der Waals surface area contributed by atoms with Crippen molar-refractivity contribution in [3.8, 4) is 0 Å². The Labute approximate surface area is 194 Å². The first kappa shape index (κ1) is 22.1. The molecule has 3 aromatic rings. The number of quaternary nitrogens is 1. The number of anilines is 1. The molecule has 1 fully saturated rings. The van der Waals surface area contributed by atoms with Gasteiger partial charge in [-0.05, 0) is 56.4 Å². The van der Waals surface area contributed by atoms with Crippen LogP contribution in [0.5, 0.6) is 0 Å². The Balaban J connectivity index is 1.78. The van der Waals surface area contributed by atoms with Gasteiger partial charge in [-0.3, -0.25) is 4.79 Å². The van der Waals surface area contributed by atoms with Crippen LogP contribution in [0, 0.1) is 19.8 Å². The van der Waals surface area contributed by atoms with Gasteiger partial charge in [-0.15, -0.1) is 11.3 Å². The molecule has 1 amide bonds. The van der Waals surface area contributed by atoms with Crippen molar-refractivity contribution in [2.45, 2.75) is 39.7 Å². The normalized spacial score (nSPS) is 19.7. The highest BCUT2D eigenvalue weighted by atomic mass is 35.5. The third-order valence-electron chi connectivity index (χ3n) is 6.52. The fourth-order valence-electron chi connectivity index (χ4n) is 4.56. The van der Waals surface area contributed by atoms with Gasteiger partial charge in [-0.25, -0.2) is 0 Å². The maximum Gasteiger partial charge on any atom is 0.256 e. The highest BCUT2D eigenvalue weighted by Gasteiger charge is 2.35. The molecule has 2 aromatic carbocycles. The van der Waals surface area contributed by atoms with Crippen molar-refractivity contribution in [3.05, 3.63) is 86.8 Å². The smallest absolute Gasteiger partial charge is 0.256 e. The molecule has 2 N–H and O–H groups in total. The van der Waals surface area contributed by atoms with Gasteiger partial charge in [0.15, 0.2) is 0 Å². The van der Waals surface area contributed by atoms with Crippen LogP contribution in [0.2, 0.25) is 5.02 Å². The molecule has 0 bridgehead atoms. The summed E-state index contributed by atoms with van der Waals surface area (Å²) < 4.78 is 0. The number of hydrogen-bond donors (Lipinski definition) is 2. The van der Waals surface area contributed by atoms with Gasteiger partial charge in [0, 0.05) is 16.0 Å². The molecular weight excluding hydrogens is 424 g/mol. The van der Waals surface area contributed by atoms with E-state index in [0.717, 1.165) is 34.6 Å². The zero-order valence-corrected chi connectivity index (χ0v) is 19.9. The van der Waals surface area contributed by atoms with E-state index >= 15 is 0 Å². The minimum atomic E-state index is -0.0664. The highest BCUT2D eigenvalue weighted by Crippen LogP contribution is 2.40. The number of benzene rings is 2. The lowest BCUT2D eigenvalue weighted by Crippen LogP contribution is -3.13. The van der Waals surface area contributed by atoms with Gasteiger partial charge in [-0.2, -0.15) is 0 Å². The predicted octanol–water partition coefficient (Wildman–Crippen LogP) is 5.67. The first-order valence-corrected chi connectivity index (χ1v) is 12.2. The molecule has 31 heavy (non-hydrogen) atoms. The van der Waals surface area contributed by atoms with E-state index in [1.807, 2.05) is 42.5 Å². The molecule has 0 unspecified atom stereocenters. The zero-order valence-electron chi connectivity index (χ0n) is 18.4. The summed E-state index contributed by atoms with van der Waals surface area (Å²) in [7, 11) is 0. The third-order valence-corrected chi connectivity index (χ3v) is 8.01. The fourth-order valence-corrected chi connectivity index (χ4v) is 5.90. The topological polar surface area (TPSA) is 33.5 Å². The van der Waals surface area contributed by atoms with Crippen LogP contribution in [-0.4, -0.2) is 19.0 Å². The van der Waals surface area contributed by atoms with Gasteiger partial charge in [0.1, 0.15) is 11.0 Å². The average molecular weight is 454 g/mol. The summed E-state index contributed by atoms with van der Waals surface area (Å²) in [5, 5.41) is 4.97. The van der Waals surface area contributed by atoms with E-state index in [2.05, 4.69) is 38.2 Å². The number of thiophene rings is 1. The highest BCUT2D eigenvalue weighted by molar-refractivity contribution is 7.16. The van der Waals surface area contributed by atoms with Gasteiger partial charge in [-0.1, -0.05) is 54.9 Å². The summed E-state index contributed by atoms with van der Waals surface area (Å²) in [6.45, 7) is 8.87. The first-order chi connectivity index (χ1) is 15.0. The number of carbonyl (C=O) groups excluding carboxylic acids is 1. The summed E-state index contributed by atoms with van der Waals surface area (Å²) in [6.07, 6.45) is 2.42. The van der Waals surface area contributed by atoms with Crippen molar-refractivity contribution in [1.82, 2.24) is 0 Å². The van der Waals surface area contributed by atoms with Gasteiger partial charge in [0.2, 0.25) is 0 Å². The largest absolute Gasteiger partial charge is 0.325 e. The second-order valence-electron chi connectivity index (χ2n) is 8.64. The lowest BCUT2D eigenvalue weighted by atomic mass is 9.91. The van der Waals surface area contributed by atoms with Crippen molar-refractivity contribution < 1.29 is 9.69 Å². The molecule has 0 aliphatic carbocycles. The van der Waals surface area contributed by atoms with Gasteiger partial charge >= 0.3 is 0 Å². The molecule has 5 heteroatoms. The Morgan fingerprint density at radius 3 is 2.39 bits per heavy atom. The Morgan fingerprint density at radius 1 is 1.06 bits per heavy atom. The number of carbonyl (C=O) groups is 1. The van der Waals surface area contributed by atoms with Crippen molar-refractivity contribution in [3.63, 3.8) is 0 Å². The van der Waals surface area contributed by atoms with Crippen LogP contribution in [0.4, 0.5) is 5.00 Å². The lowest BCUT2D eigenvalue weighted by molar-refractivity contribution is -0.931. The van der Waals surface area contributed by atoms with Gasteiger partial charge in [0.05, 0.1) is 23.7 Å². The molecule has 1 atom stereocenters. The molecule has 0 radical (unpaired) electrons. The molecule has 162 valence electrons. The van der Waals surface area contributed by atoms with Crippen LogP contribution in [0.15, 0.2) is 54.6 Å². The summed E-state index contributed by atoms with van der Waals surface area (Å²) >= 11 is 8.40. The molecule has 0 spiro atoms. The van der Waals surface area contributed by atoms with Crippen molar-refractivity contribution in [1.29, 1.82) is 0 Å². The van der Waals surface area contributed by atoms with E-state index in [1.54, 1.807) is 11.3 Å². The first-order valence-electron chi connectivity index (χ1n) is 11.0. The number of nitrogens with one attached hydrogen (secondary N) is 2. The Kier molecular flexibility index (Phi) is 6.80. The second-order valence-corrected chi connectivity index (χ2v) is 10.3. The van der Waals surface area contributed by atoms with Crippen molar-refractivity contribution >= 4 is 33.8 Å². The van der Waals surface area contributed by atoms with Gasteiger partial charge < -0.3 is 10.2 Å². The molecular formula is C26H30ClN2OS+. The van der Waals surface area contributed by atoms with Crippen LogP contribution in [0.3, 0.4) is 0 Å². The lowest BCUT2D eigenvalue weighted by Gasteiger charge is -2.35. The summed E-state index contributed by atoms with van der Waals surface area (Å²) in [6, 6.07) is 17.7. The number of likely N-dealkylation sites (tertiary alicyclic amines) is 1. The average Bonchev–Trinajstić information content (AvgIpc) is 3.05. The minimum absolute atomic E-state index is 0.0664. The number of aryl methyl sites for hydroxylation is 1. The van der Waals surface area contributed by atoms with Crippen molar-refractivity contribution in [2.24, 2.45) is 5.92 Å². The third kappa shape index (κ3) is 4.72. The van der Waals surface area contributed by atoms with E-state index in [1.165, 1.54) is 33.7 Å². The van der Waals surface area contributed by atoms with E-state index in [9.17, 15) is 4.79 Å². The van der Waals surface area contributed by atoms with Gasteiger partial charge in [0.25, 0.3) is 5.91 Å². The minimum Gasteiger partial charge on any atom is -0.325 e. The second kappa shape index (κ2) is 9.56. The Morgan fingerprint density at radius 2 is 1.71 bits per heavy atom. The van der Waals surface area contributed by atoms with E-state index in [-0.39, 0.29) is 11.9 Å². The maximum absolute atomic E-state index is 13.0. The number of rotatable bonds is 5. The Bertz CT molecular complexity index is 1050. The van der Waals surface area contributed by atoms with E-state index < -0.39 is 0 Å². The quantitative estimate of drug-likeness (QED) is 0.512. The predicted molar refractivity (Wildman–Crippen MR) is 131 cm³/mol. The SMILES string of the molecule is Cc1sc(NC(=O)c2ccccc2)c([C@H](c2ccccc2Cl)[NH+]2CCC(C)CC2)c1C. The molecule has 2 heterocycles. The Hall–Kier alpha value is -2.14. The monoisotopic (exact) mass is 453 g/mol. The van der Waals surface area contributed by atoms with Crippen LogP contribution in [0.1, 0.15) is 57.7 Å². The van der Waals surface area contributed by atoms with Crippen LogP contribution in [-0.2, 0) is 0 Å². The number of hydrogen-bond acceptors (Lipinski definition) is 2. The van der Waals surface area contributed by atoms with E-state index in [4.69, 9.17) is 11.6 Å². The standard InChI is InChI=1S/C26H29ClN2OS/c1-17-13-15-29(16-14-17)24(21-11-7-8-12-22(21)27)23-18(2)19(3)31-26(23)28-25(30)20-9-5-4-6-10-20/h4-12,17,24H,13-16H2,1-3H3,(H,28,30)/p+1/t24-/m0/s1. The molecule has 1 aliphatic rings. The maximum atomic E-state index is 13.0. The van der Waals surface area contributed by atoms with Crippen LogP contribution < -0.4 is 10.2 Å². The molecule has 3 nitrogen and oxygen atoms in total. The number of halogens is 1. The fraction of sp³-hybridized carbons (Fsp3) is 0.346. The summed E-state index contributed by atoms with van der Waals surface area (Å²) in [5.74, 6) is 0.696. The van der Waals surface area contributed by atoms with E-state index in [0.29, 0.717) is 5.56 Å². The number of amides is 1.